The summed E-state index contributed by atoms with van der Waals surface area (Å²) < 4.78 is 5.45. The molecule has 136 valence electrons. The third-order valence-electron chi connectivity index (χ3n) is 5.07. The van der Waals surface area contributed by atoms with E-state index >= 15 is 0 Å². The van der Waals surface area contributed by atoms with Gasteiger partial charge in [-0.25, -0.2) is 4.79 Å². The summed E-state index contributed by atoms with van der Waals surface area (Å²) in [6, 6.07) is 15.5. The van der Waals surface area contributed by atoms with Crippen LogP contribution in [0.25, 0.3) is 11.1 Å². The highest BCUT2D eigenvalue weighted by atomic mass is 35.5. The lowest BCUT2D eigenvalue weighted by Gasteiger charge is -2.21. The average molecular weight is 372 g/mol. The predicted octanol–water partition coefficient (Wildman–Crippen LogP) is 4.71. The van der Waals surface area contributed by atoms with Crippen LogP contribution in [0.3, 0.4) is 0 Å². The van der Waals surface area contributed by atoms with Crippen molar-refractivity contribution in [2.75, 3.05) is 6.61 Å². The van der Waals surface area contributed by atoms with Crippen LogP contribution in [0.2, 0.25) is 0 Å². The van der Waals surface area contributed by atoms with Crippen molar-refractivity contribution in [1.29, 1.82) is 0 Å². The molecule has 0 radical (unpaired) electrons. The van der Waals surface area contributed by atoms with Crippen molar-refractivity contribution in [3.05, 3.63) is 59.7 Å². The van der Waals surface area contributed by atoms with E-state index < -0.39 is 17.4 Å². The zero-order valence-corrected chi connectivity index (χ0v) is 15.6. The first-order chi connectivity index (χ1) is 12.5. The summed E-state index contributed by atoms with van der Waals surface area (Å²) in [5.74, 6) is -0.0672. The predicted molar refractivity (Wildman–Crippen MR) is 102 cm³/mol. The van der Waals surface area contributed by atoms with Crippen LogP contribution >= 0.6 is 11.6 Å². The Morgan fingerprint density at radius 2 is 1.62 bits per heavy atom. The molecule has 26 heavy (non-hydrogen) atoms. The lowest BCUT2D eigenvalue weighted by molar-refractivity contribution is -0.114. The second-order valence-corrected chi connectivity index (χ2v) is 7.01. The van der Waals surface area contributed by atoms with Gasteiger partial charge in [0, 0.05) is 5.92 Å². The monoisotopic (exact) mass is 371 g/mol. The third kappa shape index (κ3) is 3.61. The van der Waals surface area contributed by atoms with Crippen LogP contribution in [-0.2, 0) is 9.53 Å². The minimum absolute atomic E-state index is 0.0121. The van der Waals surface area contributed by atoms with E-state index in [1.54, 1.807) is 0 Å². The zero-order valence-electron chi connectivity index (χ0n) is 14.9. The number of rotatable bonds is 6. The molecule has 2 atom stereocenters. The van der Waals surface area contributed by atoms with E-state index in [0.29, 0.717) is 0 Å². The van der Waals surface area contributed by atoms with Crippen molar-refractivity contribution in [3.63, 3.8) is 0 Å². The Bertz CT molecular complexity index is 775. The van der Waals surface area contributed by atoms with Gasteiger partial charge in [-0.05, 0) is 39.8 Å². The molecule has 0 spiro atoms. The van der Waals surface area contributed by atoms with Crippen LogP contribution in [0, 0.1) is 5.92 Å². The third-order valence-corrected chi connectivity index (χ3v) is 5.31. The molecule has 1 unspecified atom stereocenters. The molecule has 1 aliphatic rings. The summed E-state index contributed by atoms with van der Waals surface area (Å²) in [5, 5.41) is 2.02. The van der Waals surface area contributed by atoms with Crippen molar-refractivity contribution in [2.45, 2.75) is 32.2 Å². The van der Waals surface area contributed by atoms with Gasteiger partial charge >= 0.3 is 6.09 Å². The van der Waals surface area contributed by atoms with Crippen LogP contribution in [0.15, 0.2) is 48.5 Å². The molecule has 5 heteroatoms. The number of hydrogen-bond donors (Lipinski definition) is 1. The molecule has 1 aliphatic carbocycles. The molecule has 0 fully saturated rings. The highest BCUT2D eigenvalue weighted by Gasteiger charge is 2.30. The molecule has 0 aliphatic heterocycles. The zero-order chi connectivity index (χ0) is 18.7. The van der Waals surface area contributed by atoms with Gasteiger partial charge in [0.25, 0.3) is 0 Å². The van der Waals surface area contributed by atoms with E-state index in [4.69, 9.17) is 16.3 Å². The molecule has 0 heterocycles. The second-order valence-electron chi connectivity index (χ2n) is 6.64. The van der Waals surface area contributed by atoms with E-state index in [0.717, 1.165) is 17.5 Å². The normalized spacial score (nSPS) is 14.9. The number of amides is 1. The Kier molecular flexibility index (Phi) is 5.62. The van der Waals surface area contributed by atoms with E-state index in [9.17, 15) is 9.59 Å². The molecular formula is C21H22ClNO3. The standard InChI is InChI=1S/C21H22ClNO3/c1-3-13(2)19(20(22)24)23-21(25)26-12-18-16-10-6-4-8-14(16)15-9-5-7-11-17(15)18/h4-11,13,18-19H,3,12H2,1-2H3,(H,23,25)/t13?,19-/m0/s1. The van der Waals surface area contributed by atoms with Gasteiger partial charge in [-0.2, -0.15) is 0 Å². The van der Waals surface area contributed by atoms with E-state index in [2.05, 4.69) is 29.6 Å². The fourth-order valence-corrected chi connectivity index (χ4v) is 3.70. The summed E-state index contributed by atoms with van der Waals surface area (Å²) in [6.07, 6.45) is 0.110. The molecular weight excluding hydrogens is 350 g/mol. The number of carbonyl (C=O) groups is 2. The number of benzene rings is 2. The number of nitrogens with one attached hydrogen (secondary N) is 1. The topological polar surface area (TPSA) is 55.4 Å². The fraction of sp³-hybridized carbons (Fsp3) is 0.333. The fourth-order valence-electron chi connectivity index (χ4n) is 3.43. The summed E-state index contributed by atoms with van der Waals surface area (Å²) >= 11 is 5.61. The van der Waals surface area contributed by atoms with Gasteiger partial charge in [0.1, 0.15) is 12.6 Å². The maximum Gasteiger partial charge on any atom is 0.407 e. The SMILES string of the molecule is CCC(C)[C@H](NC(=O)OCC1c2ccccc2-c2ccccc21)C(=O)Cl. The number of halogens is 1. The van der Waals surface area contributed by atoms with E-state index in [1.807, 2.05) is 38.1 Å². The molecule has 1 N–H and O–H groups in total. The van der Waals surface area contributed by atoms with Crippen LogP contribution in [0.1, 0.15) is 37.3 Å². The molecule has 0 saturated carbocycles. The molecule has 1 amide bonds. The van der Waals surface area contributed by atoms with Crippen molar-refractivity contribution < 1.29 is 14.3 Å². The first-order valence-electron chi connectivity index (χ1n) is 8.83. The number of fused-ring (bicyclic) bond motifs is 3. The maximum atomic E-state index is 12.2. The van der Waals surface area contributed by atoms with Crippen molar-refractivity contribution >= 4 is 22.9 Å². The lowest BCUT2D eigenvalue weighted by Crippen LogP contribution is -2.43. The van der Waals surface area contributed by atoms with Crippen LogP contribution in [0.4, 0.5) is 4.79 Å². The molecule has 0 saturated heterocycles. The summed E-state index contributed by atoms with van der Waals surface area (Å²) in [6.45, 7) is 4.02. The summed E-state index contributed by atoms with van der Waals surface area (Å²) in [4.78, 5) is 23.8. The highest BCUT2D eigenvalue weighted by molar-refractivity contribution is 6.64. The Morgan fingerprint density at radius 1 is 1.08 bits per heavy atom. The molecule has 2 aromatic carbocycles. The van der Waals surface area contributed by atoms with E-state index in [-0.39, 0.29) is 18.4 Å². The molecule has 3 rings (SSSR count). The van der Waals surface area contributed by atoms with Gasteiger partial charge in [0.15, 0.2) is 0 Å². The maximum absolute atomic E-state index is 12.2. The van der Waals surface area contributed by atoms with Gasteiger partial charge < -0.3 is 10.1 Å². The Balaban J connectivity index is 1.72. The first-order valence-corrected chi connectivity index (χ1v) is 9.21. The average Bonchev–Trinajstić information content (AvgIpc) is 2.97. The number of ether oxygens (including phenoxy) is 1. The number of carbonyl (C=O) groups excluding carboxylic acids is 2. The lowest BCUT2D eigenvalue weighted by atomic mass is 9.98. The van der Waals surface area contributed by atoms with E-state index in [1.165, 1.54) is 11.1 Å². The van der Waals surface area contributed by atoms with Gasteiger partial charge in [0.2, 0.25) is 5.24 Å². The van der Waals surface area contributed by atoms with Gasteiger partial charge in [-0.15, -0.1) is 0 Å². The van der Waals surface area contributed by atoms with Crippen LogP contribution < -0.4 is 5.32 Å². The van der Waals surface area contributed by atoms with Crippen molar-refractivity contribution in [2.24, 2.45) is 5.92 Å². The largest absolute Gasteiger partial charge is 0.449 e. The second kappa shape index (κ2) is 7.92. The number of alkyl carbamates (subject to hydrolysis) is 1. The molecule has 0 aromatic heterocycles. The minimum atomic E-state index is -0.739. The summed E-state index contributed by atoms with van der Waals surface area (Å²) in [5.41, 5.74) is 4.64. The van der Waals surface area contributed by atoms with Crippen molar-refractivity contribution in [1.82, 2.24) is 5.32 Å². The molecule has 0 bridgehead atoms. The Morgan fingerprint density at radius 3 is 2.12 bits per heavy atom. The smallest absolute Gasteiger partial charge is 0.407 e. The highest BCUT2D eigenvalue weighted by Crippen LogP contribution is 2.44. The van der Waals surface area contributed by atoms with Crippen LogP contribution in [-0.4, -0.2) is 24.0 Å². The van der Waals surface area contributed by atoms with Gasteiger partial charge in [-0.1, -0.05) is 68.8 Å². The first kappa shape index (κ1) is 18.5. The molecule has 2 aromatic rings. The minimum Gasteiger partial charge on any atom is -0.449 e. The van der Waals surface area contributed by atoms with Gasteiger partial charge in [-0.3, -0.25) is 4.79 Å². The molecule has 4 nitrogen and oxygen atoms in total. The number of hydrogen-bond acceptors (Lipinski definition) is 3. The van der Waals surface area contributed by atoms with Crippen molar-refractivity contribution in [3.8, 4) is 11.1 Å². The quantitative estimate of drug-likeness (QED) is 0.748. The summed E-state index contributed by atoms with van der Waals surface area (Å²) in [7, 11) is 0. The van der Waals surface area contributed by atoms with Gasteiger partial charge in [0.05, 0.1) is 0 Å². The van der Waals surface area contributed by atoms with Crippen LogP contribution in [0.5, 0.6) is 0 Å². The Hall–Kier alpha value is -2.33. The Labute approximate surface area is 158 Å².